The number of ether oxygens (including phenoxy) is 2. The molecule has 0 unspecified atom stereocenters. The van der Waals surface area contributed by atoms with Gasteiger partial charge in [0, 0.05) is 24.6 Å². The van der Waals surface area contributed by atoms with Gasteiger partial charge in [-0.05, 0) is 50.5 Å². The van der Waals surface area contributed by atoms with Crippen LogP contribution in [0, 0.1) is 5.82 Å². The number of nitrogens with zero attached hydrogens (tertiary/aromatic N) is 1. The Morgan fingerprint density at radius 2 is 1.81 bits per heavy atom. The highest BCUT2D eigenvalue weighted by Crippen LogP contribution is 2.31. The van der Waals surface area contributed by atoms with Gasteiger partial charge in [-0.15, -0.1) is 0 Å². The molecule has 0 aromatic heterocycles. The van der Waals surface area contributed by atoms with Gasteiger partial charge in [-0.25, -0.2) is 4.39 Å². The van der Waals surface area contributed by atoms with Gasteiger partial charge in [-0.1, -0.05) is 31.2 Å². The number of carbonyl (C=O) groups excluding carboxylic acids is 2. The fraction of sp³-hybridized carbons (Fsp3) is 0.440. The van der Waals surface area contributed by atoms with Crippen LogP contribution in [0.25, 0.3) is 0 Å². The third kappa shape index (κ3) is 5.99. The average molecular weight is 443 g/mol. The van der Waals surface area contributed by atoms with Crippen LogP contribution in [-0.4, -0.2) is 42.0 Å². The molecule has 1 aliphatic rings. The zero-order valence-electron chi connectivity index (χ0n) is 18.9. The second-order valence-corrected chi connectivity index (χ2v) is 8.08. The van der Waals surface area contributed by atoms with Crippen molar-refractivity contribution in [3.05, 3.63) is 59.4 Å². The maximum absolute atomic E-state index is 14.3. The second-order valence-electron chi connectivity index (χ2n) is 8.08. The summed E-state index contributed by atoms with van der Waals surface area (Å²) in [5.41, 5.74) is 1.31. The van der Waals surface area contributed by atoms with E-state index in [2.05, 4.69) is 5.32 Å². The van der Waals surface area contributed by atoms with E-state index in [4.69, 9.17) is 9.47 Å². The van der Waals surface area contributed by atoms with E-state index in [-0.39, 0.29) is 30.8 Å². The summed E-state index contributed by atoms with van der Waals surface area (Å²) in [6, 6.07) is 11.2. The van der Waals surface area contributed by atoms with Crippen molar-refractivity contribution < 1.29 is 23.5 Å². The zero-order valence-corrected chi connectivity index (χ0v) is 18.9. The van der Waals surface area contributed by atoms with Crippen LogP contribution < -0.4 is 14.8 Å². The number of fused-ring (bicyclic) bond motifs is 1. The molecule has 2 atom stereocenters. The predicted molar refractivity (Wildman–Crippen MR) is 120 cm³/mol. The summed E-state index contributed by atoms with van der Waals surface area (Å²) >= 11 is 0. The summed E-state index contributed by atoms with van der Waals surface area (Å²) in [7, 11) is 0. The minimum Gasteiger partial charge on any atom is -0.486 e. The fourth-order valence-corrected chi connectivity index (χ4v) is 3.50. The zero-order chi connectivity index (χ0) is 23.1. The number of nitrogens with one attached hydrogen (secondary N) is 1. The molecule has 1 heterocycles. The van der Waals surface area contributed by atoms with E-state index in [9.17, 15) is 14.0 Å². The normalized spacial score (nSPS) is 14.4. The molecule has 2 aromatic carbocycles. The first-order valence-corrected chi connectivity index (χ1v) is 11.1. The molecule has 0 aliphatic carbocycles. The summed E-state index contributed by atoms with van der Waals surface area (Å²) in [6.45, 7) is 6.62. The Bertz CT molecular complexity index is 949. The Morgan fingerprint density at radius 3 is 2.53 bits per heavy atom. The molecule has 0 radical (unpaired) electrons. The molecular formula is C25H31FN2O4. The van der Waals surface area contributed by atoms with E-state index in [0.29, 0.717) is 36.7 Å². The lowest BCUT2D eigenvalue weighted by Gasteiger charge is -2.30. The van der Waals surface area contributed by atoms with Crippen molar-refractivity contribution in [2.75, 3.05) is 13.2 Å². The van der Waals surface area contributed by atoms with Crippen LogP contribution in [0.3, 0.4) is 0 Å². The van der Waals surface area contributed by atoms with Gasteiger partial charge in [0.2, 0.25) is 11.8 Å². The molecule has 0 saturated heterocycles. The first kappa shape index (κ1) is 23.6. The van der Waals surface area contributed by atoms with Crippen molar-refractivity contribution in [1.82, 2.24) is 10.2 Å². The summed E-state index contributed by atoms with van der Waals surface area (Å²) < 4.78 is 25.4. The van der Waals surface area contributed by atoms with Gasteiger partial charge in [0.15, 0.2) is 11.5 Å². The van der Waals surface area contributed by atoms with Crippen LogP contribution in [0.4, 0.5) is 4.39 Å². The van der Waals surface area contributed by atoms with Gasteiger partial charge in [-0.3, -0.25) is 9.59 Å². The van der Waals surface area contributed by atoms with Crippen molar-refractivity contribution in [1.29, 1.82) is 0 Å². The van der Waals surface area contributed by atoms with E-state index in [1.54, 1.807) is 25.1 Å². The van der Waals surface area contributed by atoms with Crippen molar-refractivity contribution in [2.45, 2.75) is 58.7 Å². The lowest BCUT2D eigenvalue weighted by molar-refractivity contribution is -0.140. The molecular weight excluding hydrogens is 411 g/mol. The molecule has 172 valence electrons. The molecule has 7 heteroatoms. The molecule has 0 saturated carbocycles. The van der Waals surface area contributed by atoms with E-state index < -0.39 is 11.9 Å². The highest BCUT2D eigenvalue weighted by Gasteiger charge is 2.27. The number of carbonyl (C=O) groups is 2. The summed E-state index contributed by atoms with van der Waals surface area (Å²) in [5.74, 6) is 0.513. The number of aryl methyl sites for hydroxylation is 1. The minimum absolute atomic E-state index is 0.00641. The molecule has 32 heavy (non-hydrogen) atoms. The SMILES string of the molecule is CC[C@H](C)NC(=O)[C@@H](C)N(Cc1ccccc1F)C(=O)CCc1ccc2c(c1)OCCO2. The Hall–Kier alpha value is -3.09. The van der Waals surface area contributed by atoms with Crippen LogP contribution in [-0.2, 0) is 22.6 Å². The van der Waals surface area contributed by atoms with E-state index in [1.807, 2.05) is 32.0 Å². The number of benzene rings is 2. The van der Waals surface area contributed by atoms with Crippen molar-refractivity contribution in [3.63, 3.8) is 0 Å². The topological polar surface area (TPSA) is 67.9 Å². The highest BCUT2D eigenvalue weighted by molar-refractivity contribution is 5.87. The maximum atomic E-state index is 14.3. The Labute approximate surface area is 188 Å². The molecule has 1 aliphatic heterocycles. The first-order chi connectivity index (χ1) is 15.4. The average Bonchev–Trinajstić information content (AvgIpc) is 2.81. The molecule has 2 aromatic rings. The summed E-state index contributed by atoms with van der Waals surface area (Å²) in [5, 5.41) is 2.92. The fourth-order valence-electron chi connectivity index (χ4n) is 3.50. The summed E-state index contributed by atoms with van der Waals surface area (Å²) in [6.07, 6.45) is 1.45. The number of hydrogen-bond donors (Lipinski definition) is 1. The lowest BCUT2D eigenvalue weighted by atomic mass is 10.1. The molecule has 1 N–H and O–H groups in total. The predicted octanol–water partition coefficient (Wildman–Crippen LogP) is 3.86. The summed E-state index contributed by atoms with van der Waals surface area (Å²) in [4.78, 5) is 27.4. The van der Waals surface area contributed by atoms with Gasteiger partial charge in [0.25, 0.3) is 0 Å². The maximum Gasteiger partial charge on any atom is 0.242 e. The molecule has 6 nitrogen and oxygen atoms in total. The van der Waals surface area contributed by atoms with Crippen molar-refractivity contribution in [3.8, 4) is 11.5 Å². The third-order valence-electron chi connectivity index (χ3n) is 5.70. The number of halogens is 1. The number of hydrogen-bond acceptors (Lipinski definition) is 4. The highest BCUT2D eigenvalue weighted by atomic mass is 19.1. The van der Waals surface area contributed by atoms with E-state index in [0.717, 1.165) is 12.0 Å². The van der Waals surface area contributed by atoms with E-state index in [1.165, 1.54) is 11.0 Å². The van der Waals surface area contributed by atoms with Crippen LogP contribution in [0.2, 0.25) is 0 Å². The van der Waals surface area contributed by atoms with Gasteiger partial charge in [-0.2, -0.15) is 0 Å². The van der Waals surface area contributed by atoms with Crippen molar-refractivity contribution >= 4 is 11.8 Å². The standard InChI is InChI=1S/C25H31FN2O4/c1-4-17(2)27-25(30)18(3)28(16-20-7-5-6-8-21(20)26)24(29)12-10-19-9-11-22-23(15-19)32-14-13-31-22/h5-9,11,15,17-18H,4,10,12-14,16H2,1-3H3,(H,27,30)/t17-,18+/m0/s1. The molecule has 0 spiro atoms. The minimum atomic E-state index is -0.726. The number of rotatable bonds is 9. The Balaban J connectivity index is 1.73. The Morgan fingerprint density at radius 1 is 1.09 bits per heavy atom. The first-order valence-electron chi connectivity index (χ1n) is 11.1. The third-order valence-corrected chi connectivity index (χ3v) is 5.70. The van der Waals surface area contributed by atoms with Crippen LogP contribution in [0.5, 0.6) is 11.5 Å². The van der Waals surface area contributed by atoms with E-state index >= 15 is 0 Å². The Kier molecular flexibility index (Phi) is 8.09. The van der Waals surface area contributed by atoms with Crippen molar-refractivity contribution in [2.24, 2.45) is 0 Å². The smallest absolute Gasteiger partial charge is 0.242 e. The lowest BCUT2D eigenvalue weighted by Crippen LogP contribution is -2.49. The molecule has 0 bridgehead atoms. The van der Waals surface area contributed by atoms with Gasteiger partial charge in [0.05, 0.1) is 0 Å². The largest absolute Gasteiger partial charge is 0.486 e. The quantitative estimate of drug-likeness (QED) is 0.640. The van der Waals surface area contributed by atoms with Crippen LogP contribution >= 0.6 is 0 Å². The van der Waals surface area contributed by atoms with Gasteiger partial charge < -0.3 is 19.7 Å². The van der Waals surface area contributed by atoms with Crippen LogP contribution in [0.15, 0.2) is 42.5 Å². The van der Waals surface area contributed by atoms with Crippen LogP contribution in [0.1, 0.15) is 44.7 Å². The molecule has 0 fully saturated rings. The monoisotopic (exact) mass is 442 g/mol. The second kappa shape index (κ2) is 11.0. The van der Waals surface area contributed by atoms with Gasteiger partial charge in [0.1, 0.15) is 25.1 Å². The van der Waals surface area contributed by atoms with Gasteiger partial charge >= 0.3 is 0 Å². The number of amides is 2. The molecule has 3 rings (SSSR count). The molecule has 2 amide bonds.